The van der Waals surface area contributed by atoms with Gasteiger partial charge < -0.3 is 14.1 Å². The Labute approximate surface area is 154 Å². The van der Waals surface area contributed by atoms with E-state index in [4.69, 9.17) is 4.74 Å². The number of hydrogen-bond donors (Lipinski definition) is 0. The number of fused-ring (bicyclic) bond motifs is 2. The summed E-state index contributed by atoms with van der Waals surface area (Å²) in [4.78, 5) is 15.5. The van der Waals surface area contributed by atoms with Gasteiger partial charge in [-0.15, -0.1) is 0 Å². The first-order chi connectivity index (χ1) is 12.6. The van der Waals surface area contributed by atoms with Crippen molar-refractivity contribution < 1.29 is 14.0 Å². The Morgan fingerprint density at radius 3 is 3.12 bits per heavy atom. The van der Waals surface area contributed by atoms with Crippen LogP contribution in [0.4, 0.5) is 5.69 Å². The summed E-state index contributed by atoms with van der Waals surface area (Å²) in [5.74, 6) is 1.36. The largest absolute Gasteiger partial charge is 0.373 e. The van der Waals surface area contributed by atoms with Gasteiger partial charge in [0.15, 0.2) is 0 Å². The van der Waals surface area contributed by atoms with Gasteiger partial charge in [0.1, 0.15) is 12.6 Å². The molecule has 3 saturated heterocycles. The number of carbonyl (C=O) groups excluding carboxylic acids is 1. The lowest BCUT2D eigenvalue weighted by Gasteiger charge is -2.59. The van der Waals surface area contributed by atoms with Crippen LogP contribution in [-0.4, -0.2) is 55.3 Å². The van der Waals surface area contributed by atoms with E-state index in [9.17, 15) is 4.79 Å². The molecule has 4 nitrogen and oxygen atoms in total. The fourth-order valence-electron chi connectivity index (χ4n) is 8.14. The van der Waals surface area contributed by atoms with E-state index in [0.717, 1.165) is 4.48 Å². The van der Waals surface area contributed by atoms with Crippen molar-refractivity contribution in [1.82, 2.24) is 0 Å². The molecule has 134 valence electrons. The molecular weight excluding hydrogens is 324 g/mol. The minimum absolute atomic E-state index is 0.104. The Balaban J connectivity index is 1.56. The molecule has 1 spiro atoms. The SMILES string of the molecule is C[N+]12CC[C@]34c5ccccc5N5C(=O)C[C@@H]6OCC=C(C1)[C@@H](C[C@@H]32)[C@@H]6[C@@H]54. The molecule has 4 heteroatoms. The number of anilines is 1. The fourth-order valence-corrected chi connectivity index (χ4v) is 8.14. The van der Waals surface area contributed by atoms with Gasteiger partial charge in [0.2, 0.25) is 5.91 Å². The molecule has 1 aromatic rings. The zero-order chi connectivity index (χ0) is 17.3. The normalized spacial score (nSPS) is 49.6. The molecule has 7 atom stereocenters. The van der Waals surface area contributed by atoms with Crippen molar-refractivity contribution in [2.24, 2.45) is 11.8 Å². The zero-order valence-electron chi connectivity index (χ0n) is 15.2. The van der Waals surface area contributed by atoms with Crippen molar-refractivity contribution in [3.05, 3.63) is 41.5 Å². The van der Waals surface area contributed by atoms with E-state index in [1.54, 1.807) is 5.57 Å². The summed E-state index contributed by atoms with van der Waals surface area (Å²) in [5, 5.41) is 0. The number of quaternary nitrogens is 1. The highest BCUT2D eigenvalue weighted by Gasteiger charge is 2.75. The summed E-state index contributed by atoms with van der Waals surface area (Å²) in [7, 11) is 2.47. The predicted octanol–water partition coefficient (Wildman–Crippen LogP) is 2.24. The highest BCUT2D eigenvalue weighted by molar-refractivity contribution is 5.99. The summed E-state index contributed by atoms with van der Waals surface area (Å²) < 4.78 is 7.45. The van der Waals surface area contributed by atoms with E-state index in [1.165, 1.54) is 37.2 Å². The van der Waals surface area contributed by atoms with Crippen LogP contribution in [0.1, 0.15) is 24.8 Å². The van der Waals surface area contributed by atoms with Crippen molar-refractivity contribution in [2.75, 3.05) is 31.6 Å². The maximum Gasteiger partial charge on any atom is 0.229 e. The Morgan fingerprint density at radius 2 is 2.19 bits per heavy atom. The second-order valence-corrected chi connectivity index (χ2v) is 9.67. The van der Waals surface area contributed by atoms with Crippen LogP contribution in [-0.2, 0) is 14.9 Å². The molecule has 26 heavy (non-hydrogen) atoms. The molecule has 4 fully saturated rings. The number of piperidine rings is 2. The van der Waals surface area contributed by atoms with Crippen LogP contribution in [0.25, 0.3) is 0 Å². The maximum atomic E-state index is 13.3. The molecule has 1 aromatic carbocycles. The van der Waals surface area contributed by atoms with E-state index in [0.29, 0.717) is 36.9 Å². The molecule has 0 N–H and O–H groups in total. The number of carbonyl (C=O) groups is 1. The molecule has 1 unspecified atom stereocenters. The van der Waals surface area contributed by atoms with Gasteiger partial charge in [0, 0.05) is 24.4 Å². The molecule has 1 aliphatic carbocycles. The van der Waals surface area contributed by atoms with E-state index in [1.807, 2.05) is 0 Å². The number of benzene rings is 1. The molecule has 0 radical (unpaired) electrons. The maximum absolute atomic E-state index is 13.3. The van der Waals surface area contributed by atoms with Gasteiger partial charge >= 0.3 is 0 Å². The van der Waals surface area contributed by atoms with Crippen LogP contribution in [0.2, 0.25) is 0 Å². The summed E-state index contributed by atoms with van der Waals surface area (Å²) in [6.45, 7) is 3.12. The van der Waals surface area contributed by atoms with Crippen molar-refractivity contribution >= 4 is 11.6 Å². The van der Waals surface area contributed by atoms with E-state index in [-0.39, 0.29) is 17.4 Å². The standard InChI is InChI=1S/C22H25N2O2/c1-24-8-7-22-15-4-2-3-5-16(15)23-19(25)11-17-20(21(22)23)14(10-18(22)24)13(12-24)6-9-26-17/h2-6,14,17-18,20-21H,7-12H2,1H3/q+1/t14-,17+,18+,20+,21-,22+,24?/m1/s1. The smallest absolute Gasteiger partial charge is 0.229 e. The first kappa shape index (κ1) is 14.4. The predicted molar refractivity (Wildman–Crippen MR) is 97.8 cm³/mol. The Hall–Kier alpha value is -1.65. The van der Waals surface area contributed by atoms with Crippen LogP contribution >= 0.6 is 0 Å². The Bertz CT molecular complexity index is 894. The van der Waals surface area contributed by atoms with Gasteiger partial charge in [-0.3, -0.25) is 4.79 Å². The number of rotatable bonds is 0. The highest BCUT2D eigenvalue weighted by atomic mass is 16.5. The van der Waals surface area contributed by atoms with Gasteiger partial charge in [-0.1, -0.05) is 24.3 Å². The lowest BCUT2D eigenvalue weighted by Crippen LogP contribution is -2.72. The van der Waals surface area contributed by atoms with Gasteiger partial charge in [0.05, 0.1) is 44.2 Å². The van der Waals surface area contributed by atoms with E-state index in [2.05, 4.69) is 42.3 Å². The Kier molecular flexibility index (Phi) is 2.36. The number of nitrogens with zero attached hydrogens (tertiary/aromatic N) is 2. The fraction of sp³-hybridized carbons (Fsp3) is 0.591. The van der Waals surface area contributed by atoms with Crippen molar-refractivity contribution in [3.8, 4) is 0 Å². The minimum atomic E-state index is 0.104. The van der Waals surface area contributed by atoms with E-state index >= 15 is 0 Å². The van der Waals surface area contributed by atoms with Crippen LogP contribution in [0, 0.1) is 11.8 Å². The quantitative estimate of drug-likeness (QED) is 0.531. The van der Waals surface area contributed by atoms with Crippen molar-refractivity contribution in [1.29, 1.82) is 0 Å². The molecule has 1 amide bonds. The van der Waals surface area contributed by atoms with Gasteiger partial charge in [-0.25, -0.2) is 0 Å². The van der Waals surface area contributed by atoms with Crippen molar-refractivity contribution in [2.45, 2.75) is 42.9 Å². The summed E-state index contributed by atoms with van der Waals surface area (Å²) >= 11 is 0. The molecule has 6 aliphatic rings. The van der Waals surface area contributed by atoms with E-state index < -0.39 is 0 Å². The molecule has 7 rings (SSSR count). The molecule has 5 aliphatic heterocycles. The van der Waals surface area contributed by atoms with Gasteiger partial charge in [0.25, 0.3) is 0 Å². The average molecular weight is 349 g/mol. The third-order valence-corrected chi connectivity index (χ3v) is 8.91. The zero-order valence-corrected chi connectivity index (χ0v) is 15.2. The second-order valence-electron chi connectivity index (χ2n) is 9.67. The second kappa shape index (κ2) is 4.26. The molecule has 2 bridgehead atoms. The van der Waals surface area contributed by atoms with Gasteiger partial charge in [-0.2, -0.15) is 0 Å². The summed E-state index contributed by atoms with van der Waals surface area (Å²) in [6, 6.07) is 9.76. The number of likely N-dealkylation sites (N-methyl/N-ethyl adjacent to an activating group) is 1. The average Bonchev–Trinajstić information content (AvgIpc) is 3.05. The first-order valence-corrected chi connectivity index (χ1v) is 10.2. The highest BCUT2D eigenvalue weighted by Crippen LogP contribution is 2.67. The topological polar surface area (TPSA) is 29.5 Å². The summed E-state index contributed by atoms with van der Waals surface area (Å²) in [6.07, 6.45) is 5.51. The van der Waals surface area contributed by atoms with Crippen LogP contribution in [0.15, 0.2) is 35.9 Å². The van der Waals surface area contributed by atoms with Crippen LogP contribution in [0.3, 0.4) is 0 Å². The van der Waals surface area contributed by atoms with Crippen LogP contribution in [0.5, 0.6) is 0 Å². The Morgan fingerprint density at radius 1 is 1.31 bits per heavy atom. The molecule has 1 saturated carbocycles. The summed E-state index contributed by atoms with van der Waals surface area (Å²) in [5.41, 5.74) is 4.43. The lowest BCUT2D eigenvalue weighted by atomic mass is 9.53. The first-order valence-electron chi connectivity index (χ1n) is 10.2. The molecule has 0 aromatic heterocycles. The lowest BCUT2D eigenvalue weighted by molar-refractivity contribution is -0.925. The number of hydrogen-bond acceptors (Lipinski definition) is 2. The molecular formula is C22H25N2O2+. The number of ether oxygens (including phenoxy) is 1. The monoisotopic (exact) mass is 349 g/mol. The third-order valence-electron chi connectivity index (χ3n) is 8.91. The number of amides is 1. The van der Waals surface area contributed by atoms with Crippen LogP contribution < -0.4 is 4.90 Å². The minimum Gasteiger partial charge on any atom is -0.373 e. The van der Waals surface area contributed by atoms with Crippen molar-refractivity contribution in [3.63, 3.8) is 0 Å². The van der Waals surface area contributed by atoms with Gasteiger partial charge in [-0.05, 0) is 23.1 Å². The third kappa shape index (κ3) is 1.34. The number of para-hydroxylation sites is 1. The molecule has 5 heterocycles.